The maximum Gasteiger partial charge on any atom is 0.0648 e. The van der Waals surface area contributed by atoms with E-state index < -0.39 is 0 Å². The van der Waals surface area contributed by atoms with Gasteiger partial charge in [0.15, 0.2) is 0 Å². The van der Waals surface area contributed by atoms with Crippen LogP contribution in [0.3, 0.4) is 0 Å². The number of benzene rings is 2. The Labute approximate surface area is 161 Å². The summed E-state index contributed by atoms with van der Waals surface area (Å²) in [4.78, 5) is 2.58. The molecule has 2 heterocycles. The Morgan fingerprint density at radius 1 is 0.926 bits per heavy atom. The van der Waals surface area contributed by atoms with Crippen LogP contribution < -0.4 is 0 Å². The molecular weight excluding hydrogens is 334 g/mol. The van der Waals surface area contributed by atoms with E-state index in [9.17, 15) is 0 Å². The molecule has 0 spiro atoms. The first kappa shape index (κ1) is 18.0. The van der Waals surface area contributed by atoms with Crippen molar-refractivity contribution in [1.82, 2.24) is 14.7 Å². The van der Waals surface area contributed by atoms with Crippen molar-refractivity contribution in [1.29, 1.82) is 0 Å². The van der Waals surface area contributed by atoms with Crippen molar-refractivity contribution in [3.63, 3.8) is 0 Å². The molecule has 4 rings (SSSR count). The number of ether oxygens (including phenoxy) is 1. The summed E-state index contributed by atoms with van der Waals surface area (Å²) in [5.41, 5.74) is 3.81. The molecule has 0 saturated carbocycles. The molecule has 0 bridgehead atoms. The van der Waals surface area contributed by atoms with E-state index in [0.29, 0.717) is 0 Å². The Morgan fingerprint density at radius 3 is 2.48 bits per heavy atom. The fourth-order valence-electron chi connectivity index (χ4n) is 3.80. The average molecular weight is 361 g/mol. The molecule has 0 unspecified atom stereocenters. The second kappa shape index (κ2) is 8.98. The van der Waals surface area contributed by atoms with Crippen LogP contribution in [0, 0.1) is 5.92 Å². The maximum atomic E-state index is 5.55. The molecule has 1 saturated heterocycles. The molecule has 4 nitrogen and oxygen atoms in total. The van der Waals surface area contributed by atoms with E-state index in [-0.39, 0.29) is 0 Å². The van der Waals surface area contributed by atoms with E-state index in [1.54, 1.807) is 0 Å². The zero-order chi connectivity index (χ0) is 18.3. The Balaban J connectivity index is 1.50. The highest BCUT2D eigenvalue weighted by Gasteiger charge is 2.18. The number of hydrogen-bond acceptors (Lipinski definition) is 3. The summed E-state index contributed by atoms with van der Waals surface area (Å²) in [6.07, 6.45) is 6.14. The van der Waals surface area contributed by atoms with Crippen molar-refractivity contribution in [2.75, 3.05) is 19.8 Å². The Bertz CT molecular complexity index is 811. The molecule has 0 amide bonds. The van der Waals surface area contributed by atoms with E-state index in [4.69, 9.17) is 4.74 Å². The molecule has 140 valence electrons. The molecule has 3 aromatic rings. The molecule has 1 aromatic heterocycles. The van der Waals surface area contributed by atoms with Crippen molar-refractivity contribution in [2.45, 2.75) is 25.9 Å². The van der Waals surface area contributed by atoms with Crippen LogP contribution in [0.4, 0.5) is 0 Å². The monoisotopic (exact) mass is 361 g/mol. The second-order valence-electron chi connectivity index (χ2n) is 7.33. The van der Waals surface area contributed by atoms with E-state index in [1.807, 2.05) is 23.1 Å². The van der Waals surface area contributed by atoms with Gasteiger partial charge in [0.2, 0.25) is 0 Å². The minimum absolute atomic E-state index is 0.719. The molecule has 4 heteroatoms. The molecule has 2 aromatic carbocycles. The maximum absolute atomic E-state index is 5.55. The van der Waals surface area contributed by atoms with Crippen LogP contribution in [0.5, 0.6) is 0 Å². The standard InChI is InChI=1S/C23H27N3O/c1-2-6-20(7-3-1)17-25(18-21-10-14-27-15-11-21)19-22-8-4-9-23(16-22)26-13-5-12-24-26/h1-9,12-13,16,21H,10-11,14-15,17-19H2. The van der Waals surface area contributed by atoms with Gasteiger partial charge in [-0.2, -0.15) is 5.10 Å². The summed E-state index contributed by atoms with van der Waals surface area (Å²) in [6.45, 7) is 4.84. The predicted octanol–water partition coefficient (Wildman–Crippen LogP) is 4.30. The van der Waals surface area contributed by atoms with Gasteiger partial charge in [-0.25, -0.2) is 4.68 Å². The van der Waals surface area contributed by atoms with Crippen LogP contribution in [0.2, 0.25) is 0 Å². The molecule has 1 aliphatic rings. The highest BCUT2D eigenvalue weighted by molar-refractivity contribution is 5.35. The first-order chi connectivity index (χ1) is 13.4. The van der Waals surface area contributed by atoms with Crippen molar-refractivity contribution in [2.24, 2.45) is 5.92 Å². The zero-order valence-electron chi connectivity index (χ0n) is 15.7. The first-order valence-electron chi connectivity index (χ1n) is 9.80. The fourth-order valence-corrected chi connectivity index (χ4v) is 3.80. The van der Waals surface area contributed by atoms with Gasteiger partial charge in [-0.05, 0) is 48.1 Å². The molecule has 1 fully saturated rings. The van der Waals surface area contributed by atoms with Crippen molar-refractivity contribution >= 4 is 0 Å². The molecule has 0 atom stereocenters. The first-order valence-corrected chi connectivity index (χ1v) is 9.80. The Hall–Kier alpha value is -2.43. The van der Waals surface area contributed by atoms with E-state index in [1.165, 1.54) is 24.0 Å². The van der Waals surface area contributed by atoms with Crippen LogP contribution in [0.1, 0.15) is 24.0 Å². The van der Waals surface area contributed by atoms with Crippen molar-refractivity contribution in [3.05, 3.63) is 84.2 Å². The second-order valence-corrected chi connectivity index (χ2v) is 7.33. The average Bonchev–Trinajstić information content (AvgIpc) is 3.25. The smallest absolute Gasteiger partial charge is 0.0648 e. The summed E-state index contributed by atoms with van der Waals surface area (Å²) in [5, 5.41) is 4.36. The summed E-state index contributed by atoms with van der Waals surface area (Å²) >= 11 is 0. The zero-order valence-corrected chi connectivity index (χ0v) is 15.7. The largest absolute Gasteiger partial charge is 0.381 e. The number of rotatable bonds is 7. The lowest BCUT2D eigenvalue weighted by Crippen LogP contribution is -2.32. The van der Waals surface area contributed by atoms with Gasteiger partial charge in [0.1, 0.15) is 0 Å². The summed E-state index contributed by atoms with van der Waals surface area (Å²) in [7, 11) is 0. The lowest BCUT2D eigenvalue weighted by molar-refractivity contribution is 0.0502. The SMILES string of the molecule is c1ccc(CN(Cc2cccc(-n3cccn3)c2)CC2CCOCC2)cc1. The molecular formula is C23H27N3O. The molecule has 0 radical (unpaired) electrons. The summed E-state index contributed by atoms with van der Waals surface area (Å²) in [6, 6.07) is 21.4. The van der Waals surface area contributed by atoms with Gasteiger partial charge in [0, 0.05) is 45.2 Å². The summed E-state index contributed by atoms with van der Waals surface area (Å²) in [5.74, 6) is 0.719. The van der Waals surface area contributed by atoms with E-state index >= 15 is 0 Å². The van der Waals surface area contributed by atoms with Gasteiger partial charge < -0.3 is 4.74 Å². The lowest BCUT2D eigenvalue weighted by atomic mass is 9.99. The van der Waals surface area contributed by atoms with Gasteiger partial charge >= 0.3 is 0 Å². The van der Waals surface area contributed by atoms with Gasteiger partial charge in [-0.15, -0.1) is 0 Å². The van der Waals surface area contributed by atoms with E-state index in [0.717, 1.165) is 44.5 Å². The fraction of sp³-hybridized carbons (Fsp3) is 0.348. The Kier molecular flexibility index (Phi) is 5.97. The van der Waals surface area contributed by atoms with Gasteiger partial charge in [-0.1, -0.05) is 42.5 Å². The number of nitrogens with zero attached hydrogens (tertiary/aromatic N) is 3. The minimum Gasteiger partial charge on any atom is -0.381 e. The van der Waals surface area contributed by atoms with Crippen LogP contribution in [0.25, 0.3) is 5.69 Å². The van der Waals surface area contributed by atoms with Crippen LogP contribution in [-0.2, 0) is 17.8 Å². The van der Waals surface area contributed by atoms with Crippen LogP contribution in [0.15, 0.2) is 73.1 Å². The molecule has 1 aliphatic heterocycles. The lowest BCUT2D eigenvalue weighted by Gasteiger charge is -2.30. The quantitative estimate of drug-likeness (QED) is 0.628. The third-order valence-corrected chi connectivity index (χ3v) is 5.19. The number of aromatic nitrogens is 2. The predicted molar refractivity (Wildman–Crippen MR) is 108 cm³/mol. The third-order valence-electron chi connectivity index (χ3n) is 5.19. The van der Waals surface area contributed by atoms with Gasteiger partial charge in [0.25, 0.3) is 0 Å². The molecule has 0 N–H and O–H groups in total. The summed E-state index contributed by atoms with van der Waals surface area (Å²) < 4.78 is 7.47. The molecule has 0 aliphatic carbocycles. The van der Waals surface area contributed by atoms with Crippen molar-refractivity contribution < 1.29 is 4.74 Å². The number of hydrogen-bond donors (Lipinski definition) is 0. The highest BCUT2D eigenvalue weighted by atomic mass is 16.5. The Morgan fingerprint density at radius 2 is 1.70 bits per heavy atom. The van der Waals surface area contributed by atoms with Crippen LogP contribution >= 0.6 is 0 Å². The third kappa shape index (κ3) is 5.06. The topological polar surface area (TPSA) is 30.3 Å². The van der Waals surface area contributed by atoms with Crippen molar-refractivity contribution in [3.8, 4) is 5.69 Å². The molecule has 27 heavy (non-hydrogen) atoms. The normalized spacial score (nSPS) is 15.3. The highest BCUT2D eigenvalue weighted by Crippen LogP contribution is 2.20. The van der Waals surface area contributed by atoms with Crippen LogP contribution in [-0.4, -0.2) is 34.4 Å². The van der Waals surface area contributed by atoms with E-state index in [2.05, 4.69) is 64.6 Å². The van der Waals surface area contributed by atoms with Gasteiger partial charge in [0.05, 0.1) is 5.69 Å². The van der Waals surface area contributed by atoms with Gasteiger partial charge in [-0.3, -0.25) is 4.90 Å². The minimum atomic E-state index is 0.719.